The highest BCUT2D eigenvalue weighted by atomic mass is 35.5. The summed E-state index contributed by atoms with van der Waals surface area (Å²) in [4.78, 5) is 0. The van der Waals surface area contributed by atoms with Crippen molar-refractivity contribution in [1.82, 2.24) is 9.78 Å². The Kier molecular flexibility index (Phi) is 3.76. The molecule has 0 saturated carbocycles. The van der Waals surface area contributed by atoms with Gasteiger partial charge in [0.1, 0.15) is 5.82 Å². The molecule has 0 saturated heterocycles. The maximum atomic E-state index is 13.0. The van der Waals surface area contributed by atoms with Crippen molar-refractivity contribution in [1.29, 1.82) is 0 Å². The number of benzene rings is 1. The smallest absolute Gasteiger partial charge is 0.141 e. The molecule has 2 rings (SSSR count). The number of hydrogen-bond acceptors (Lipinski definition) is 2. The first kappa shape index (κ1) is 12.1. The molecule has 0 aliphatic rings. The van der Waals surface area contributed by atoms with E-state index in [1.165, 1.54) is 6.07 Å². The molecule has 0 atom stereocenters. The van der Waals surface area contributed by atoms with Gasteiger partial charge >= 0.3 is 0 Å². The van der Waals surface area contributed by atoms with E-state index in [9.17, 15) is 4.39 Å². The van der Waals surface area contributed by atoms with E-state index in [2.05, 4.69) is 5.10 Å². The van der Waals surface area contributed by atoms with Crippen molar-refractivity contribution in [2.24, 2.45) is 5.73 Å². The fourth-order valence-corrected chi connectivity index (χ4v) is 1.82. The Morgan fingerprint density at radius 2 is 2.18 bits per heavy atom. The standard InChI is InChI=1S/C12H13ClFN3/c13-11-5-9(1-2-12(11)14)7-17-8-10(3-4-15)6-16-17/h1-2,5-6,8H,3-4,7,15H2. The Balaban J connectivity index is 2.11. The molecule has 0 spiro atoms. The monoisotopic (exact) mass is 253 g/mol. The van der Waals surface area contributed by atoms with E-state index in [0.717, 1.165) is 17.5 Å². The van der Waals surface area contributed by atoms with Gasteiger partial charge in [-0.05, 0) is 36.2 Å². The van der Waals surface area contributed by atoms with Crippen LogP contribution in [0.25, 0.3) is 0 Å². The average molecular weight is 254 g/mol. The second-order valence-electron chi connectivity index (χ2n) is 3.83. The molecule has 0 aliphatic heterocycles. The average Bonchev–Trinajstić information content (AvgIpc) is 2.72. The van der Waals surface area contributed by atoms with E-state index in [1.54, 1.807) is 23.0 Å². The predicted octanol–water partition coefficient (Wildman–Crippen LogP) is 2.23. The third-order valence-electron chi connectivity index (χ3n) is 2.45. The number of halogens is 2. The zero-order valence-electron chi connectivity index (χ0n) is 9.24. The summed E-state index contributed by atoms with van der Waals surface area (Å²) in [5, 5.41) is 4.34. The van der Waals surface area contributed by atoms with Crippen LogP contribution >= 0.6 is 11.6 Å². The Bertz CT molecular complexity index is 510. The summed E-state index contributed by atoms with van der Waals surface area (Å²) in [5.41, 5.74) is 7.48. The topological polar surface area (TPSA) is 43.8 Å². The fraction of sp³-hybridized carbons (Fsp3) is 0.250. The predicted molar refractivity (Wildman–Crippen MR) is 65.5 cm³/mol. The van der Waals surface area contributed by atoms with Crippen molar-refractivity contribution < 1.29 is 4.39 Å². The molecule has 1 aromatic carbocycles. The molecule has 3 nitrogen and oxygen atoms in total. The molecule has 0 bridgehead atoms. The lowest BCUT2D eigenvalue weighted by Gasteiger charge is -2.03. The zero-order valence-corrected chi connectivity index (χ0v) is 9.99. The lowest BCUT2D eigenvalue weighted by molar-refractivity contribution is 0.625. The van der Waals surface area contributed by atoms with Gasteiger partial charge in [0, 0.05) is 6.20 Å². The number of hydrogen-bond donors (Lipinski definition) is 1. The number of aromatic nitrogens is 2. The molecule has 1 aromatic heterocycles. The van der Waals surface area contributed by atoms with Gasteiger partial charge < -0.3 is 5.73 Å². The van der Waals surface area contributed by atoms with Gasteiger partial charge in [0.05, 0.1) is 17.8 Å². The van der Waals surface area contributed by atoms with Crippen molar-refractivity contribution in [2.45, 2.75) is 13.0 Å². The van der Waals surface area contributed by atoms with E-state index < -0.39 is 5.82 Å². The molecule has 90 valence electrons. The first-order chi connectivity index (χ1) is 8.19. The molecule has 2 aromatic rings. The third-order valence-corrected chi connectivity index (χ3v) is 2.74. The van der Waals surface area contributed by atoms with Crippen LogP contribution in [0.5, 0.6) is 0 Å². The van der Waals surface area contributed by atoms with Gasteiger partial charge in [-0.2, -0.15) is 5.10 Å². The largest absolute Gasteiger partial charge is 0.330 e. The van der Waals surface area contributed by atoms with Gasteiger partial charge in [-0.3, -0.25) is 4.68 Å². The molecule has 0 unspecified atom stereocenters. The molecule has 0 fully saturated rings. The van der Waals surface area contributed by atoms with Gasteiger partial charge in [0.15, 0.2) is 0 Å². The van der Waals surface area contributed by atoms with Crippen LogP contribution in [0.4, 0.5) is 4.39 Å². The second kappa shape index (κ2) is 5.29. The minimum absolute atomic E-state index is 0.136. The Labute approximate surface area is 104 Å². The van der Waals surface area contributed by atoms with E-state index in [0.29, 0.717) is 13.1 Å². The molecule has 0 aliphatic carbocycles. The van der Waals surface area contributed by atoms with Crippen LogP contribution in [0.2, 0.25) is 5.02 Å². The van der Waals surface area contributed by atoms with E-state index in [-0.39, 0.29) is 5.02 Å². The maximum Gasteiger partial charge on any atom is 0.141 e. The summed E-state index contributed by atoms with van der Waals surface area (Å²) in [6.07, 6.45) is 4.53. The van der Waals surface area contributed by atoms with Crippen LogP contribution in [-0.2, 0) is 13.0 Å². The number of nitrogens with two attached hydrogens (primary N) is 1. The maximum absolute atomic E-state index is 13.0. The normalized spacial score (nSPS) is 10.8. The van der Waals surface area contributed by atoms with Crippen molar-refractivity contribution >= 4 is 11.6 Å². The van der Waals surface area contributed by atoms with Crippen LogP contribution in [0.15, 0.2) is 30.6 Å². The van der Waals surface area contributed by atoms with E-state index >= 15 is 0 Å². The van der Waals surface area contributed by atoms with Crippen molar-refractivity contribution in [3.05, 3.63) is 52.6 Å². The van der Waals surface area contributed by atoms with Crippen LogP contribution in [0.1, 0.15) is 11.1 Å². The number of rotatable bonds is 4. The minimum Gasteiger partial charge on any atom is -0.330 e. The molecular formula is C12H13ClFN3. The highest BCUT2D eigenvalue weighted by Gasteiger charge is 2.03. The quantitative estimate of drug-likeness (QED) is 0.908. The summed E-state index contributed by atoms with van der Waals surface area (Å²) < 4.78 is 14.8. The first-order valence-corrected chi connectivity index (χ1v) is 5.72. The third kappa shape index (κ3) is 3.05. The van der Waals surface area contributed by atoms with Gasteiger partial charge in [0.2, 0.25) is 0 Å². The lowest BCUT2D eigenvalue weighted by Crippen LogP contribution is -2.02. The summed E-state index contributed by atoms with van der Waals surface area (Å²) in [5.74, 6) is -0.403. The molecule has 0 radical (unpaired) electrons. The molecule has 2 N–H and O–H groups in total. The summed E-state index contributed by atoms with van der Waals surface area (Å²) in [7, 11) is 0. The first-order valence-electron chi connectivity index (χ1n) is 5.34. The second-order valence-corrected chi connectivity index (χ2v) is 4.24. The molecular weight excluding hydrogens is 241 g/mol. The highest BCUT2D eigenvalue weighted by Crippen LogP contribution is 2.16. The van der Waals surface area contributed by atoms with Crippen LogP contribution in [0.3, 0.4) is 0 Å². The fourth-order valence-electron chi connectivity index (χ4n) is 1.61. The zero-order chi connectivity index (χ0) is 12.3. The van der Waals surface area contributed by atoms with E-state index in [1.807, 2.05) is 6.20 Å². The Morgan fingerprint density at radius 1 is 1.35 bits per heavy atom. The molecule has 0 amide bonds. The molecule has 17 heavy (non-hydrogen) atoms. The number of nitrogens with zero attached hydrogens (tertiary/aromatic N) is 2. The van der Waals surface area contributed by atoms with Crippen LogP contribution in [-0.4, -0.2) is 16.3 Å². The van der Waals surface area contributed by atoms with Gasteiger partial charge in [0.25, 0.3) is 0 Å². The highest BCUT2D eigenvalue weighted by molar-refractivity contribution is 6.30. The van der Waals surface area contributed by atoms with Gasteiger partial charge in [-0.1, -0.05) is 17.7 Å². The summed E-state index contributed by atoms with van der Waals surface area (Å²) in [6.45, 7) is 1.18. The molecule has 1 heterocycles. The van der Waals surface area contributed by atoms with Crippen molar-refractivity contribution in [2.75, 3.05) is 6.54 Å². The van der Waals surface area contributed by atoms with Crippen molar-refractivity contribution in [3.63, 3.8) is 0 Å². The SMILES string of the molecule is NCCc1cnn(Cc2ccc(F)c(Cl)c2)c1. The molecule has 5 heteroatoms. The Hall–Kier alpha value is -1.39. The van der Waals surface area contributed by atoms with Crippen molar-refractivity contribution in [3.8, 4) is 0 Å². The van der Waals surface area contributed by atoms with Gasteiger partial charge in [-0.15, -0.1) is 0 Å². The summed E-state index contributed by atoms with van der Waals surface area (Å²) in [6, 6.07) is 4.68. The lowest BCUT2D eigenvalue weighted by atomic mass is 10.2. The summed E-state index contributed by atoms with van der Waals surface area (Å²) >= 11 is 5.71. The minimum atomic E-state index is -0.403. The Morgan fingerprint density at radius 3 is 2.88 bits per heavy atom. The van der Waals surface area contributed by atoms with E-state index in [4.69, 9.17) is 17.3 Å². The van der Waals surface area contributed by atoms with Gasteiger partial charge in [-0.25, -0.2) is 4.39 Å². The van der Waals surface area contributed by atoms with Crippen LogP contribution < -0.4 is 5.73 Å². The van der Waals surface area contributed by atoms with Crippen LogP contribution in [0, 0.1) is 5.82 Å².